The van der Waals surface area contributed by atoms with Crippen LogP contribution >= 0.6 is 0 Å². The minimum Gasteiger partial charge on any atom is -0.507 e. The van der Waals surface area contributed by atoms with Crippen LogP contribution in [0, 0.1) is 0 Å². The summed E-state index contributed by atoms with van der Waals surface area (Å²) in [4.78, 5) is 21.5. The van der Waals surface area contributed by atoms with E-state index in [1.54, 1.807) is 0 Å². The molecular weight excluding hydrogens is 667 g/mol. The normalized spacial score (nSPS) is 11.5. The Morgan fingerprint density at radius 3 is 1.28 bits per heavy atom. The molecule has 0 unspecified atom stereocenters. The number of aromatic hydroxyl groups is 2. The summed E-state index contributed by atoms with van der Waals surface area (Å²) in [6, 6.07) is 15.6. The van der Waals surface area contributed by atoms with Gasteiger partial charge in [-0.1, -0.05) is 36.4 Å². The van der Waals surface area contributed by atoms with Gasteiger partial charge in [0.15, 0.2) is 0 Å². The average molecular weight is 694 g/mol. The van der Waals surface area contributed by atoms with Crippen LogP contribution in [0.15, 0.2) is 82.6 Å². The summed E-state index contributed by atoms with van der Waals surface area (Å²) in [7, 11) is -9.58. The number of phenols is 2. The minimum atomic E-state index is -4.79. The fourth-order valence-corrected chi connectivity index (χ4v) is 5.75. The number of carboxylic acids is 2. The molecule has 0 aliphatic heterocycles. The first-order chi connectivity index (χ1) is 21.5. The standard InChI is InChI=1S/C30H26N2O12S2.Na/c33-25-9-1-17(11-23(25)29(35)36)15-31-21-7-5-19(27(13-21)45(39,40)41)3-4-20-6-8-22(14-28(20)46(42,43)44)32-16-18-2-10-26(34)24(12-18)30(37)38;/h1-14,31-34H,15-16H2,(H,35,36)(H,37,38)(H,39,40,41)(H,42,43,44);/b4-3+;. The SMILES string of the molecule is O=C(O)c1cc(CNc2ccc(/C=C/c3ccc(NCc4ccc(O)c(C(=O)O)c4)cc3S(=O)(=O)O)c(S(=O)(=O)O)c2)ccc1O.[Na]. The van der Waals surface area contributed by atoms with Crippen LogP contribution in [-0.4, -0.2) is 87.9 Å². The molecule has 4 aromatic carbocycles. The van der Waals surface area contributed by atoms with Crippen molar-refractivity contribution in [3.63, 3.8) is 0 Å². The second-order valence-corrected chi connectivity index (χ2v) is 12.6. The van der Waals surface area contributed by atoms with Crippen molar-refractivity contribution < 1.29 is 56.0 Å². The Kier molecular flexibility index (Phi) is 11.8. The molecule has 0 fully saturated rings. The first-order valence-electron chi connectivity index (χ1n) is 13.0. The molecule has 4 aromatic rings. The molecule has 17 heteroatoms. The number of hydrogen-bond acceptors (Lipinski definition) is 10. The first-order valence-corrected chi connectivity index (χ1v) is 15.9. The van der Waals surface area contributed by atoms with Crippen LogP contribution in [-0.2, 0) is 33.3 Å². The van der Waals surface area contributed by atoms with E-state index in [2.05, 4.69) is 10.6 Å². The van der Waals surface area contributed by atoms with Crippen molar-refractivity contribution in [3.05, 3.63) is 106 Å². The third kappa shape index (κ3) is 9.55. The van der Waals surface area contributed by atoms with Gasteiger partial charge in [0.05, 0.1) is 0 Å². The van der Waals surface area contributed by atoms with E-state index in [1.165, 1.54) is 72.8 Å². The number of benzene rings is 4. The first kappa shape index (κ1) is 37.0. The molecule has 0 aliphatic rings. The van der Waals surface area contributed by atoms with Crippen LogP contribution in [0.3, 0.4) is 0 Å². The molecule has 241 valence electrons. The minimum absolute atomic E-state index is 0. The summed E-state index contributed by atoms with van der Waals surface area (Å²) in [5.41, 5.74) is 0.663. The Morgan fingerprint density at radius 2 is 0.957 bits per heavy atom. The van der Waals surface area contributed by atoms with Crippen LogP contribution in [0.5, 0.6) is 11.5 Å². The Balaban J connectivity index is 0.00000600. The number of nitrogens with one attached hydrogen (secondary N) is 2. The third-order valence-corrected chi connectivity index (χ3v) is 8.42. The second-order valence-electron chi connectivity index (χ2n) is 9.81. The van der Waals surface area contributed by atoms with Gasteiger partial charge < -0.3 is 31.1 Å². The van der Waals surface area contributed by atoms with Crippen molar-refractivity contribution in [3.8, 4) is 11.5 Å². The maximum atomic E-state index is 12.2. The third-order valence-electron chi connectivity index (χ3n) is 6.60. The van der Waals surface area contributed by atoms with E-state index in [9.17, 15) is 56.0 Å². The van der Waals surface area contributed by atoms with Crippen molar-refractivity contribution in [2.24, 2.45) is 0 Å². The molecule has 0 amide bonds. The molecule has 0 heterocycles. The van der Waals surface area contributed by atoms with E-state index < -0.39 is 53.5 Å². The van der Waals surface area contributed by atoms with E-state index >= 15 is 0 Å². The molecule has 0 spiro atoms. The Labute approximate surface area is 290 Å². The van der Waals surface area contributed by atoms with E-state index in [-0.39, 0.29) is 76.3 Å². The summed E-state index contributed by atoms with van der Waals surface area (Å²) >= 11 is 0. The molecular formula is C30H26N2NaO12S2. The topological polar surface area (TPSA) is 248 Å². The molecule has 1 radical (unpaired) electrons. The van der Waals surface area contributed by atoms with Gasteiger partial charge in [0.1, 0.15) is 32.4 Å². The largest absolute Gasteiger partial charge is 0.507 e. The smallest absolute Gasteiger partial charge is 0.339 e. The molecule has 8 N–H and O–H groups in total. The molecule has 0 saturated carbocycles. The maximum absolute atomic E-state index is 12.2. The van der Waals surface area contributed by atoms with Gasteiger partial charge in [0.25, 0.3) is 20.2 Å². The van der Waals surface area contributed by atoms with Crippen molar-refractivity contribution in [1.29, 1.82) is 0 Å². The van der Waals surface area contributed by atoms with Crippen LogP contribution in [0.2, 0.25) is 0 Å². The Hall–Kier alpha value is -4.42. The predicted molar refractivity (Wildman–Crippen MR) is 172 cm³/mol. The average Bonchev–Trinajstić information content (AvgIpc) is 2.98. The number of anilines is 2. The van der Waals surface area contributed by atoms with Gasteiger partial charge in [-0.15, -0.1) is 0 Å². The van der Waals surface area contributed by atoms with Gasteiger partial charge in [0.2, 0.25) is 0 Å². The molecule has 0 atom stereocenters. The number of carboxylic acid groups (broad SMARTS) is 2. The van der Waals surface area contributed by atoms with Gasteiger partial charge in [-0.25, -0.2) is 9.59 Å². The number of aromatic carboxylic acids is 2. The Morgan fingerprint density at radius 1 is 0.596 bits per heavy atom. The molecule has 0 aromatic heterocycles. The van der Waals surface area contributed by atoms with Crippen LogP contribution in [0.1, 0.15) is 43.0 Å². The van der Waals surface area contributed by atoms with Gasteiger partial charge in [-0.2, -0.15) is 16.8 Å². The predicted octanol–water partition coefficient (Wildman–Crippen LogP) is 4.00. The monoisotopic (exact) mass is 693 g/mol. The van der Waals surface area contributed by atoms with Gasteiger partial charge >= 0.3 is 11.9 Å². The van der Waals surface area contributed by atoms with Crippen LogP contribution in [0.4, 0.5) is 11.4 Å². The Bertz CT molecular complexity index is 1950. The van der Waals surface area contributed by atoms with Crippen molar-refractivity contribution in [1.82, 2.24) is 0 Å². The zero-order chi connectivity index (χ0) is 33.8. The maximum Gasteiger partial charge on any atom is 0.339 e. The fourth-order valence-electron chi connectivity index (χ4n) is 4.33. The van der Waals surface area contributed by atoms with Crippen LogP contribution < -0.4 is 10.6 Å². The van der Waals surface area contributed by atoms with Gasteiger partial charge in [-0.3, -0.25) is 9.11 Å². The fraction of sp³-hybridized carbons (Fsp3) is 0.0667. The molecule has 4 rings (SSSR count). The molecule has 0 saturated heterocycles. The zero-order valence-electron chi connectivity index (χ0n) is 24.4. The summed E-state index contributed by atoms with van der Waals surface area (Å²) in [6.07, 6.45) is 2.43. The van der Waals surface area contributed by atoms with E-state index in [0.717, 1.165) is 12.1 Å². The molecule has 14 nitrogen and oxygen atoms in total. The molecule has 0 bridgehead atoms. The van der Waals surface area contributed by atoms with Crippen molar-refractivity contribution in [2.75, 3.05) is 10.6 Å². The summed E-state index contributed by atoms with van der Waals surface area (Å²) in [5.74, 6) is -3.52. The van der Waals surface area contributed by atoms with E-state index in [4.69, 9.17) is 0 Å². The molecule has 0 aliphatic carbocycles. The molecule has 47 heavy (non-hydrogen) atoms. The number of rotatable bonds is 12. The van der Waals surface area contributed by atoms with E-state index in [0.29, 0.717) is 11.1 Å². The quantitative estimate of drug-likeness (QED) is 0.0594. The van der Waals surface area contributed by atoms with Gasteiger partial charge in [-0.05, 0) is 70.8 Å². The summed E-state index contributed by atoms with van der Waals surface area (Å²) < 4.78 is 68.5. The second kappa shape index (κ2) is 15.0. The summed E-state index contributed by atoms with van der Waals surface area (Å²) in [6.45, 7) is 0.0679. The number of carbonyl (C=O) groups is 2. The van der Waals surface area contributed by atoms with Crippen molar-refractivity contribution in [2.45, 2.75) is 22.9 Å². The zero-order valence-corrected chi connectivity index (χ0v) is 28.1. The van der Waals surface area contributed by atoms with E-state index in [1.807, 2.05) is 0 Å². The van der Waals surface area contributed by atoms with Crippen LogP contribution in [0.25, 0.3) is 12.2 Å². The number of hydrogen-bond donors (Lipinski definition) is 8. The summed E-state index contributed by atoms with van der Waals surface area (Å²) in [5, 5.41) is 43.5. The van der Waals surface area contributed by atoms with Crippen molar-refractivity contribution >= 4 is 85.3 Å². The van der Waals surface area contributed by atoms with Gasteiger partial charge in [0, 0.05) is 54.0 Å².